The molecule has 1 aromatic heterocycles. The van der Waals surface area contributed by atoms with Crippen LogP contribution >= 0.6 is 0 Å². The Morgan fingerprint density at radius 2 is 2.29 bits per heavy atom. The van der Waals surface area contributed by atoms with Crippen LogP contribution in [0.3, 0.4) is 0 Å². The molecule has 0 saturated carbocycles. The normalized spacial score (nSPS) is 28.5. The Balaban J connectivity index is 2.38. The smallest absolute Gasteiger partial charge is 0.330 e. The maximum Gasteiger partial charge on any atom is 0.330 e. The van der Waals surface area contributed by atoms with E-state index >= 15 is 0 Å². The number of nitrogens with zero attached hydrogens (tertiary/aromatic N) is 1. The van der Waals surface area contributed by atoms with Crippen molar-refractivity contribution in [3.8, 4) is 0 Å². The summed E-state index contributed by atoms with van der Waals surface area (Å²) in [6, 6.07) is 0. The lowest BCUT2D eigenvalue weighted by molar-refractivity contribution is -0.0224. The molecule has 94 valence electrons. The van der Waals surface area contributed by atoms with Crippen molar-refractivity contribution in [2.75, 3.05) is 0 Å². The van der Waals surface area contributed by atoms with Crippen molar-refractivity contribution >= 4 is 0 Å². The number of halogens is 1. The molecular formula is C11H15FN2O3. The van der Waals surface area contributed by atoms with E-state index in [4.69, 9.17) is 4.74 Å². The molecule has 0 bridgehead atoms. The molecule has 1 saturated heterocycles. The van der Waals surface area contributed by atoms with Gasteiger partial charge in [0.25, 0.3) is 5.56 Å². The highest BCUT2D eigenvalue weighted by Crippen LogP contribution is 2.31. The highest BCUT2D eigenvalue weighted by atomic mass is 19.1. The first kappa shape index (κ1) is 12.0. The number of H-pyrrole nitrogens is 1. The van der Waals surface area contributed by atoms with Crippen LogP contribution in [0.5, 0.6) is 0 Å². The molecule has 3 unspecified atom stereocenters. The molecule has 17 heavy (non-hydrogen) atoms. The zero-order valence-electron chi connectivity index (χ0n) is 9.77. The topological polar surface area (TPSA) is 64.1 Å². The lowest BCUT2D eigenvalue weighted by atomic mass is 10.2. The summed E-state index contributed by atoms with van der Waals surface area (Å²) in [6.45, 7) is 3.47. The van der Waals surface area contributed by atoms with Crippen LogP contribution in [-0.4, -0.2) is 21.8 Å². The van der Waals surface area contributed by atoms with Crippen molar-refractivity contribution in [2.24, 2.45) is 0 Å². The molecule has 1 N–H and O–H groups in total. The third kappa shape index (κ3) is 2.17. The highest BCUT2D eigenvalue weighted by Gasteiger charge is 2.36. The van der Waals surface area contributed by atoms with Gasteiger partial charge in [-0.25, -0.2) is 9.18 Å². The van der Waals surface area contributed by atoms with Crippen LogP contribution in [0.1, 0.15) is 31.6 Å². The van der Waals surface area contributed by atoms with Crippen molar-refractivity contribution in [1.82, 2.24) is 9.55 Å². The fourth-order valence-electron chi connectivity index (χ4n) is 1.98. The van der Waals surface area contributed by atoms with Crippen molar-refractivity contribution in [3.05, 3.63) is 32.6 Å². The Hall–Kier alpha value is -1.43. The van der Waals surface area contributed by atoms with Gasteiger partial charge in [-0.15, -0.1) is 0 Å². The zero-order chi connectivity index (χ0) is 12.6. The largest absolute Gasteiger partial charge is 0.351 e. The van der Waals surface area contributed by atoms with Crippen LogP contribution < -0.4 is 11.2 Å². The summed E-state index contributed by atoms with van der Waals surface area (Å²) in [7, 11) is 0. The summed E-state index contributed by atoms with van der Waals surface area (Å²) in [5.41, 5.74) is -0.725. The summed E-state index contributed by atoms with van der Waals surface area (Å²) >= 11 is 0. The third-order valence-electron chi connectivity index (χ3n) is 3.00. The minimum absolute atomic E-state index is 0.172. The van der Waals surface area contributed by atoms with Gasteiger partial charge >= 0.3 is 5.69 Å². The van der Waals surface area contributed by atoms with Gasteiger partial charge in [0.15, 0.2) is 6.23 Å². The highest BCUT2D eigenvalue weighted by molar-refractivity contribution is 5.02. The molecule has 1 aliphatic heterocycles. The van der Waals surface area contributed by atoms with Crippen molar-refractivity contribution in [2.45, 2.75) is 45.2 Å². The summed E-state index contributed by atoms with van der Waals surface area (Å²) < 4.78 is 20.3. The average Bonchev–Trinajstić information content (AvgIpc) is 2.65. The SMILES string of the molecule is CCC1CC(F)C(n2cc(C)c(=O)[nH]c2=O)O1. The van der Waals surface area contributed by atoms with Gasteiger partial charge < -0.3 is 4.74 Å². The molecule has 2 heterocycles. The van der Waals surface area contributed by atoms with Crippen LogP contribution in [0.4, 0.5) is 4.39 Å². The van der Waals surface area contributed by atoms with Crippen LogP contribution in [-0.2, 0) is 4.74 Å². The minimum Gasteiger partial charge on any atom is -0.351 e. The number of hydrogen-bond donors (Lipinski definition) is 1. The van der Waals surface area contributed by atoms with Crippen LogP contribution in [0.15, 0.2) is 15.8 Å². The first-order valence-electron chi connectivity index (χ1n) is 5.64. The van der Waals surface area contributed by atoms with Gasteiger partial charge in [0, 0.05) is 18.2 Å². The Labute approximate surface area is 97.2 Å². The zero-order valence-corrected chi connectivity index (χ0v) is 9.77. The molecular weight excluding hydrogens is 227 g/mol. The van der Waals surface area contributed by atoms with Gasteiger partial charge in [-0.05, 0) is 13.3 Å². The van der Waals surface area contributed by atoms with Gasteiger partial charge in [-0.3, -0.25) is 14.3 Å². The molecule has 0 radical (unpaired) electrons. The van der Waals surface area contributed by atoms with E-state index in [1.54, 1.807) is 6.92 Å². The number of ether oxygens (including phenoxy) is 1. The van der Waals surface area contributed by atoms with Gasteiger partial charge in [0.05, 0.1) is 6.10 Å². The quantitative estimate of drug-likeness (QED) is 0.837. The molecule has 1 fully saturated rings. The van der Waals surface area contributed by atoms with Gasteiger partial charge in [-0.1, -0.05) is 6.92 Å². The molecule has 1 aromatic rings. The second kappa shape index (κ2) is 4.44. The van der Waals surface area contributed by atoms with E-state index in [0.717, 1.165) is 4.57 Å². The molecule has 1 aliphatic rings. The fraction of sp³-hybridized carbons (Fsp3) is 0.636. The first-order chi connectivity index (χ1) is 8.02. The third-order valence-corrected chi connectivity index (χ3v) is 3.00. The van der Waals surface area contributed by atoms with E-state index in [1.165, 1.54) is 6.20 Å². The van der Waals surface area contributed by atoms with Crippen LogP contribution in [0.25, 0.3) is 0 Å². The Morgan fingerprint density at radius 3 is 2.88 bits per heavy atom. The molecule has 0 amide bonds. The number of hydrogen-bond acceptors (Lipinski definition) is 3. The van der Waals surface area contributed by atoms with Gasteiger partial charge in [0.1, 0.15) is 6.17 Å². The standard InChI is InChI=1S/C11H15FN2O3/c1-3-7-4-8(12)10(17-7)14-5-6(2)9(15)13-11(14)16/h5,7-8,10H,3-4H2,1-2H3,(H,13,15,16). The van der Waals surface area contributed by atoms with Gasteiger partial charge in [0.2, 0.25) is 0 Å². The summed E-state index contributed by atoms with van der Waals surface area (Å²) in [5, 5.41) is 0. The number of alkyl halides is 1. The van der Waals surface area contributed by atoms with Crippen molar-refractivity contribution in [3.63, 3.8) is 0 Å². The second-order valence-electron chi connectivity index (χ2n) is 4.29. The predicted octanol–water partition coefficient (Wildman–Crippen LogP) is 0.881. The van der Waals surface area contributed by atoms with Crippen molar-refractivity contribution in [1.29, 1.82) is 0 Å². The van der Waals surface area contributed by atoms with Crippen LogP contribution in [0.2, 0.25) is 0 Å². The molecule has 3 atom stereocenters. The lowest BCUT2D eigenvalue weighted by Gasteiger charge is -2.16. The monoisotopic (exact) mass is 242 g/mol. The van der Waals surface area contributed by atoms with E-state index in [0.29, 0.717) is 12.0 Å². The van der Waals surface area contributed by atoms with E-state index in [2.05, 4.69) is 4.98 Å². The first-order valence-corrected chi connectivity index (χ1v) is 5.64. The fourth-order valence-corrected chi connectivity index (χ4v) is 1.98. The Morgan fingerprint density at radius 1 is 1.59 bits per heavy atom. The number of aryl methyl sites for hydroxylation is 1. The summed E-state index contributed by atoms with van der Waals surface area (Å²) in [4.78, 5) is 24.9. The minimum atomic E-state index is -1.22. The van der Waals surface area contributed by atoms with E-state index in [1.807, 2.05) is 6.92 Å². The molecule has 0 aliphatic carbocycles. The molecule has 2 rings (SSSR count). The molecule has 5 nitrogen and oxygen atoms in total. The Kier molecular flexibility index (Phi) is 3.15. The van der Waals surface area contributed by atoms with E-state index < -0.39 is 23.6 Å². The number of aromatic nitrogens is 2. The molecule has 6 heteroatoms. The number of rotatable bonds is 2. The maximum absolute atomic E-state index is 13.7. The maximum atomic E-state index is 13.7. The summed E-state index contributed by atoms with van der Waals surface area (Å²) in [5.74, 6) is 0. The molecule has 0 aromatic carbocycles. The summed E-state index contributed by atoms with van der Waals surface area (Å²) in [6.07, 6.45) is 0.0102. The van der Waals surface area contributed by atoms with E-state index in [9.17, 15) is 14.0 Å². The lowest BCUT2D eigenvalue weighted by Crippen LogP contribution is -2.35. The van der Waals surface area contributed by atoms with E-state index in [-0.39, 0.29) is 12.5 Å². The van der Waals surface area contributed by atoms with Gasteiger partial charge in [-0.2, -0.15) is 0 Å². The van der Waals surface area contributed by atoms with Crippen molar-refractivity contribution < 1.29 is 9.13 Å². The number of nitrogens with one attached hydrogen (secondary N) is 1. The molecule has 0 spiro atoms. The van der Waals surface area contributed by atoms with Crippen LogP contribution in [0, 0.1) is 6.92 Å². The average molecular weight is 242 g/mol. The number of aromatic amines is 1. The predicted molar refractivity (Wildman–Crippen MR) is 59.8 cm³/mol. The second-order valence-corrected chi connectivity index (χ2v) is 4.29. The Bertz CT molecular complexity index is 522.